The van der Waals surface area contributed by atoms with Crippen LogP contribution in [-0.2, 0) is 14.3 Å². The van der Waals surface area contributed by atoms with Crippen LogP contribution >= 0.6 is 0 Å². The quantitative estimate of drug-likeness (QED) is 0.774. The highest BCUT2D eigenvalue weighted by atomic mass is 16.5. The summed E-state index contributed by atoms with van der Waals surface area (Å²) in [5.41, 5.74) is -0.222. The summed E-state index contributed by atoms with van der Waals surface area (Å²) in [7, 11) is 0. The maximum absolute atomic E-state index is 12.7. The minimum atomic E-state index is -0.222. The zero-order valence-electron chi connectivity index (χ0n) is 13.2. The van der Waals surface area contributed by atoms with Crippen molar-refractivity contribution in [2.45, 2.75) is 32.1 Å². The van der Waals surface area contributed by atoms with E-state index < -0.39 is 0 Å². The Bertz CT molecular complexity index is 423. The molecule has 6 heteroatoms. The van der Waals surface area contributed by atoms with Crippen LogP contribution in [0.15, 0.2) is 0 Å². The molecule has 0 aromatic rings. The third-order valence-electron chi connectivity index (χ3n) is 5.48. The lowest BCUT2D eigenvalue weighted by Gasteiger charge is -2.37. The first-order valence-electron chi connectivity index (χ1n) is 8.57. The number of nitrogens with zero attached hydrogens (tertiary/aromatic N) is 1. The lowest BCUT2D eigenvalue weighted by molar-refractivity contribution is -0.136. The number of carbonyl (C=O) groups is 2. The van der Waals surface area contributed by atoms with Crippen molar-refractivity contribution in [1.82, 2.24) is 15.5 Å². The molecular formula is C16H27N3O3. The lowest BCUT2D eigenvalue weighted by atomic mass is 9.67. The van der Waals surface area contributed by atoms with Gasteiger partial charge in [-0.15, -0.1) is 0 Å². The van der Waals surface area contributed by atoms with Crippen LogP contribution in [0.2, 0.25) is 0 Å². The topological polar surface area (TPSA) is 70.7 Å². The molecule has 2 saturated heterocycles. The Hall–Kier alpha value is -1.14. The van der Waals surface area contributed by atoms with Gasteiger partial charge in [0.05, 0.1) is 18.6 Å². The second kappa shape index (κ2) is 6.96. The number of nitrogens with one attached hydrogen (secondary N) is 2. The monoisotopic (exact) mass is 309 g/mol. The first-order valence-corrected chi connectivity index (χ1v) is 8.57. The molecule has 2 aliphatic heterocycles. The number of hydrogen-bond donors (Lipinski definition) is 2. The molecule has 1 saturated carbocycles. The predicted octanol–water partition coefficient (Wildman–Crippen LogP) is 0.131. The SMILES string of the molecule is O=C(CCNC(=O)[C@@]12CCCC[C@H]1CNC2)N1CCOCC1. The summed E-state index contributed by atoms with van der Waals surface area (Å²) in [6.45, 7) is 4.78. The molecule has 3 rings (SSSR count). The smallest absolute Gasteiger partial charge is 0.227 e. The Kier molecular flexibility index (Phi) is 4.98. The molecule has 3 fully saturated rings. The van der Waals surface area contributed by atoms with Gasteiger partial charge in [0, 0.05) is 32.6 Å². The molecule has 1 aliphatic carbocycles. The number of hydrogen-bond acceptors (Lipinski definition) is 4. The summed E-state index contributed by atoms with van der Waals surface area (Å²) in [4.78, 5) is 26.6. The van der Waals surface area contributed by atoms with E-state index in [4.69, 9.17) is 4.74 Å². The average molecular weight is 309 g/mol. The number of fused-ring (bicyclic) bond motifs is 1. The van der Waals surface area contributed by atoms with E-state index in [1.807, 2.05) is 4.90 Å². The molecule has 22 heavy (non-hydrogen) atoms. The number of ether oxygens (including phenoxy) is 1. The molecule has 0 spiro atoms. The molecule has 2 atom stereocenters. The van der Waals surface area contributed by atoms with E-state index in [1.54, 1.807) is 0 Å². The van der Waals surface area contributed by atoms with Gasteiger partial charge in [0.2, 0.25) is 11.8 Å². The van der Waals surface area contributed by atoms with Gasteiger partial charge in [0.1, 0.15) is 0 Å². The fraction of sp³-hybridized carbons (Fsp3) is 0.875. The Morgan fingerprint density at radius 3 is 2.91 bits per heavy atom. The normalized spacial score (nSPS) is 31.6. The van der Waals surface area contributed by atoms with E-state index in [-0.39, 0.29) is 17.2 Å². The summed E-state index contributed by atoms with van der Waals surface area (Å²) in [6, 6.07) is 0. The van der Waals surface area contributed by atoms with Gasteiger partial charge in [-0.1, -0.05) is 12.8 Å². The summed E-state index contributed by atoms with van der Waals surface area (Å²) in [6.07, 6.45) is 4.89. The van der Waals surface area contributed by atoms with E-state index >= 15 is 0 Å². The van der Waals surface area contributed by atoms with Crippen LogP contribution in [0.5, 0.6) is 0 Å². The first kappa shape index (κ1) is 15.7. The lowest BCUT2D eigenvalue weighted by Crippen LogP contribution is -2.48. The van der Waals surface area contributed by atoms with Crippen LogP contribution in [0.3, 0.4) is 0 Å². The summed E-state index contributed by atoms with van der Waals surface area (Å²) in [5, 5.41) is 6.41. The molecule has 0 unspecified atom stereocenters. The van der Waals surface area contributed by atoms with Crippen LogP contribution in [0.25, 0.3) is 0 Å². The highest BCUT2D eigenvalue weighted by Gasteiger charge is 2.49. The zero-order valence-corrected chi connectivity index (χ0v) is 13.2. The fourth-order valence-electron chi connectivity index (χ4n) is 4.12. The largest absolute Gasteiger partial charge is 0.378 e. The van der Waals surface area contributed by atoms with Crippen molar-refractivity contribution >= 4 is 11.8 Å². The second-order valence-corrected chi connectivity index (χ2v) is 6.73. The molecule has 0 radical (unpaired) electrons. The molecule has 6 nitrogen and oxygen atoms in total. The van der Waals surface area contributed by atoms with Crippen LogP contribution < -0.4 is 10.6 Å². The second-order valence-electron chi connectivity index (χ2n) is 6.73. The molecule has 0 bridgehead atoms. The van der Waals surface area contributed by atoms with Crippen molar-refractivity contribution in [2.75, 3.05) is 45.9 Å². The maximum atomic E-state index is 12.7. The van der Waals surface area contributed by atoms with Gasteiger partial charge in [0.15, 0.2) is 0 Å². The highest BCUT2D eigenvalue weighted by Crippen LogP contribution is 2.43. The maximum Gasteiger partial charge on any atom is 0.227 e. The van der Waals surface area contributed by atoms with Crippen LogP contribution in [-0.4, -0.2) is 62.7 Å². The molecule has 2 heterocycles. The van der Waals surface area contributed by atoms with Crippen LogP contribution in [0.4, 0.5) is 0 Å². The standard InChI is InChI=1S/C16H27N3O3/c20-14(19-7-9-22-10-8-19)4-6-18-15(21)16-5-2-1-3-13(16)11-17-12-16/h13,17H,1-12H2,(H,18,21)/t13-,16+/m0/s1. The molecule has 3 aliphatic rings. The summed E-state index contributed by atoms with van der Waals surface area (Å²) >= 11 is 0. The molecule has 124 valence electrons. The Morgan fingerprint density at radius 2 is 2.09 bits per heavy atom. The molecule has 2 amide bonds. The third kappa shape index (κ3) is 3.13. The number of morpholine rings is 1. The molecular weight excluding hydrogens is 282 g/mol. The van der Waals surface area contributed by atoms with E-state index in [0.29, 0.717) is 45.2 Å². The van der Waals surface area contributed by atoms with Gasteiger partial charge in [0.25, 0.3) is 0 Å². The fourth-order valence-corrected chi connectivity index (χ4v) is 4.12. The van der Waals surface area contributed by atoms with Crippen molar-refractivity contribution in [3.63, 3.8) is 0 Å². The van der Waals surface area contributed by atoms with Gasteiger partial charge in [-0.3, -0.25) is 9.59 Å². The summed E-state index contributed by atoms with van der Waals surface area (Å²) in [5.74, 6) is 0.735. The van der Waals surface area contributed by atoms with Crippen molar-refractivity contribution < 1.29 is 14.3 Å². The number of carbonyl (C=O) groups excluding carboxylic acids is 2. The third-order valence-corrected chi connectivity index (χ3v) is 5.48. The molecule has 0 aromatic carbocycles. The van der Waals surface area contributed by atoms with Gasteiger partial charge in [-0.2, -0.15) is 0 Å². The minimum Gasteiger partial charge on any atom is -0.378 e. The summed E-state index contributed by atoms with van der Waals surface area (Å²) < 4.78 is 5.25. The van der Waals surface area contributed by atoms with Crippen LogP contribution in [0, 0.1) is 11.3 Å². The minimum absolute atomic E-state index is 0.117. The Balaban J connectivity index is 1.46. The van der Waals surface area contributed by atoms with Gasteiger partial charge >= 0.3 is 0 Å². The van der Waals surface area contributed by atoms with Gasteiger partial charge < -0.3 is 20.3 Å². The van der Waals surface area contributed by atoms with Gasteiger partial charge in [-0.05, 0) is 25.3 Å². The van der Waals surface area contributed by atoms with E-state index in [0.717, 1.165) is 32.4 Å². The molecule has 2 N–H and O–H groups in total. The van der Waals surface area contributed by atoms with Crippen molar-refractivity contribution in [1.29, 1.82) is 0 Å². The van der Waals surface area contributed by atoms with E-state index in [2.05, 4.69) is 10.6 Å². The highest BCUT2D eigenvalue weighted by molar-refractivity contribution is 5.84. The average Bonchev–Trinajstić information content (AvgIpc) is 3.00. The van der Waals surface area contributed by atoms with Crippen molar-refractivity contribution in [3.05, 3.63) is 0 Å². The Labute approximate surface area is 131 Å². The van der Waals surface area contributed by atoms with Crippen molar-refractivity contribution in [2.24, 2.45) is 11.3 Å². The number of rotatable bonds is 4. The number of amides is 2. The van der Waals surface area contributed by atoms with Crippen LogP contribution in [0.1, 0.15) is 32.1 Å². The Morgan fingerprint density at radius 1 is 1.27 bits per heavy atom. The first-order chi connectivity index (χ1) is 10.7. The van der Waals surface area contributed by atoms with E-state index in [1.165, 1.54) is 6.42 Å². The zero-order chi connectivity index (χ0) is 15.4. The van der Waals surface area contributed by atoms with E-state index in [9.17, 15) is 9.59 Å². The molecule has 0 aromatic heterocycles. The van der Waals surface area contributed by atoms with Crippen molar-refractivity contribution in [3.8, 4) is 0 Å². The van der Waals surface area contributed by atoms with Gasteiger partial charge in [-0.25, -0.2) is 0 Å². The predicted molar refractivity (Wildman–Crippen MR) is 82.3 cm³/mol.